The molecule has 3 atom stereocenters. The Morgan fingerprint density at radius 2 is 1.19 bits per heavy atom. The highest BCUT2D eigenvalue weighted by Crippen LogP contribution is 2.38. The van der Waals surface area contributed by atoms with Gasteiger partial charge in [-0.15, -0.1) is 0 Å². The van der Waals surface area contributed by atoms with Crippen LogP contribution in [0.25, 0.3) is 0 Å². The third kappa shape index (κ3) is 36.3. The maximum atomic E-state index is 12.8. The lowest BCUT2D eigenvalue weighted by Gasteiger charge is -2.29. The summed E-state index contributed by atoms with van der Waals surface area (Å²) in [5.41, 5.74) is 0. The number of amides is 1. The van der Waals surface area contributed by atoms with Crippen LogP contribution < -0.4 is 10.2 Å². The summed E-state index contributed by atoms with van der Waals surface area (Å²) in [6, 6.07) is -0.905. The average Bonchev–Trinajstić information content (AvgIpc) is 3.09. The molecule has 300 valence electrons. The summed E-state index contributed by atoms with van der Waals surface area (Å²) >= 11 is 0. The van der Waals surface area contributed by atoms with Crippen LogP contribution in [0.3, 0.4) is 0 Å². The lowest BCUT2D eigenvalue weighted by Crippen LogP contribution is -2.45. The van der Waals surface area contributed by atoms with Crippen molar-refractivity contribution < 1.29 is 32.9 Å². The first-order valence-corrected chi connectivity index (χ1v) is 21.8. The molecule has 0 saturated heterocycles. The van der Waals surface area contributed by atoms with Crippen molar-refractivity contribution in [3.63, 3.8) is 0 Å². The zero-order chi connectivity index (χ0) is 38.6. The van der Waals surface area contributed by atoms with Crippen LogP contribution in [0, 0.1) is 0 Å². The van der Waals surface area contributed by atoms with Gasteiger partial charge in [-0.1, -0.05) is 145 Å². The summed E-state index contributed by atoms with van der Waals surface area (Å²) in [5, 5.41) is 13.6. The lowest BCUT2D eigenvalue weighted by molar-refractivity contribution is -0.870. The van der Waals surface area contributed by atoms with Gasteiger partial charge in [0.2, 0.25) is 5.91 Å². The van der Waals surface area contributed by atoms with E-state index in [9.17, 15) is 19.4 Å². The van der Waals surface area contributed by atoms with E-state index in [4.69, 9.17) is 9.05 Å². The molecule has 0 fully saturated rings. The lowest BCUT2D eigenvalue weighted by atomic mass is 10.0. The van der Waals surface area contributed by atoms with Gasteiger partial charge in [0.1, 0.15) is 13.2 Å². The molecule has 8 nitrogen and oxygen atoms in total. The van der Waals surface area contributed by atoms with E-state index in [-0.39, 0.29) is 12.5 Å². The zero-order valence-corrected chi connectivity index (χ0v) is 34.6. The van der Waals surface area contributed by atoms with E-state index in [1.165, 1.54) is 44.9 Å². The van der Waals surface area contributed by atoms with Gasteiger partial charge in [0.05, 0.1) is 39.9 Å². The van der Waals surface area contributed by atoms with Crippen molar-refractivity contribution in [1.29, 1.82) is 0 Å². The predicted octanol–water partition coefficient (Wildman–Crippen LogP) is 10.2. The Hall–Kier alpha value is -2.06. The zero-order valence-electron chi connectivity index (χ0n) is 33.7. The summed E-state index contributed by atoms with van der Waals surface area (Å²) in [6.07, 6.45) is 45.5. The molecule has 52 heavy (non-hydrogen) atoms. The van der Waals surface area contributed by atoms with Gasteiger partial charge < -0.3 is 28.8 Å². The van der Waals surface area contributed by atoms with E-state index >= 15 is 0 Å². The van der Waals surface area contributed by atoms with Gasteiger partial charge >= 0.3 is 0 Å². The minimum atomic E-state index is -4.59. The summed E-state index contributed by atoms with van der Waals surface area (Å²) in [7, 11) is 1.22. The first-order valence-electron chi connectivity index (χ1n) is 20.3. The second-order valence-electron chi connectivity index (χ2n) is 14.6. The van der Waals surface area contributed by atoms with Gasteiger partial charge in [0.15, 0.2) is 0 Å². The first kappa shape index (κ1) is 49.9. The van der Waals surface area contributed by atoms with E-state index in [0.717, 1.165) is 77.0 Å². The van der Waals surface area contributed by atoms with Gasteiger partial charge in [0.25, 0.3) is 7.82 Å². The normalized spacial score (nSPS) is 15.3. The van der Waals surface area contributed by atoms with Crippen LogP contribution in [0.15, 0.2) is 72.9 Å². The minimum absolute atomic E-state index is 0.0113. The van der Waals surface area contributed by atoms with E-state index in [2.05, 4.69) is 79.9 Å². The number of nitrogens with one attached hydrogen (secondary N) is 1. The monoisotopic (exact) mass is 749 g/mol. The highest BCUT2D eigenvalue weighted by atomic mass is 31.2. The molecule has 0 radical (unpaired) electrons. The minimum Gasteiger partial charge on any atom is -0.756 e. The quantitative estimate of drug-likeness (QED) is 0.0289. The topological polar surface area (TPSA) is 108 Å². The summed E-state index contributed by atoms with van der Waals surface area (Å²) in [5.74, 6) is -0.222. The molecule has 0 aliphatic heterocycles. The Kier molecular flexibility index (Phi) is 33.3. The predicted molar refractivity (Wildman–Crippen MR) is 219 cm³/mol. The summed E-state index contributed by atoms with van der Waals surface area (Å²) < 4.78 is 23.0. The number of likely N-dealkylation sites (N-methyl/N-ethyl adjacent to an activating group) is 1. The number of phosphoric acid groups is 1. The van der Waals surface area contributed by atoms with E-state index in [1.807, 2.05) is 27.2 Å². The average molecular weight is 749 g/mol. The molecule has 0 aliphatic carbocycles. The molecule has 0 aromatic heterocycles. The standard InChI is InChI=1S/C43H77N2O6P/c1-6-8-10-12-14-15-16-17-18-19-20-21-22-23-24-25-26-27-28-29-31-33-35-37-43(47)44-41(42(46)36-34-32-30-13-11-9-7-2)40-51-52(48,49)50-39-38-45(3,4)5/h8,10-11,13-15,17-18,20-21,34,36,41-42,46H,6-7,9,12,16,19,22-33,35,37-40H2,1-5H3,(H-,44,47,48,49)/b10-8-,13-11+,15-14-,18-17-,21-20-,36-34+. The van der Waals surface area contributed by atoms with Crippen molar-refractivity contribution in [1.82, 2.24) is 5.32 Å². The van der Waals surface area contributed by atoms with Crippen LogP contribution in [-0.4, -0.2) is 68.5 Å². The largest absolute Gasteiger partial charge is 0.756 e. The molecular weight excluding hydrogens is 671 g/mol. The number of carbonyl (C=O) groups excluding carboxylic acids is 1. The fourth-order valence-electron chi connectivity index (χ4n) is 5.16. The SMILES string of the molecule is CC/C=C\C/C=C\C/C=C\C/C=C\CCCCCCCCCCCCC(=O)NC(COP(=O)([O-])OCC[N+](C)(C)C)C(O)/C=C/CC/C=C/CCC. The number of phosphoric ester groups is 1. The maximum absolute atomic E-state index is 12.8. The van der Waals surface area contributed by atoms with Crippen molar-refractivity contribution >= 4 is 13.7 Å². The van der Waals surface area contributed by atoms with Crippen LogP contribution >= 0.6 is 7.82 Å². The second kappa shape index (κ2) is 34.7. The van der Waals surface area contributed by atoms with Crippen LogP contribution in [0.2, 0.25) is 0 Å². The number of hydrogen-bond acceptors (Lipinski definition) is 6. The van der Waals surface area contributed by atoms with Crippen molar-refractivity contribution in [3.8, 4) is 0 Å². The molecule has 0 rings (SSSR count). The molecule has 2 N–H and O–H groups in total. The fraction of sp³-hybridized carbons (Fsp3) is 0.698. The smallest absolute Gasteiger partial charge is 0.268 e. The number of carbonyl (C=O) groups is 1. The molecule has 0 bridgehead atoms. The van der Waals surface area contributed by atoms with Gasteiger partial charge in [-0.3, -0.25) is 9.36 Å². The molecule has 0 spiro atoms. The fourth-order valence-corrected chi connectivity index (χ4v) is 5.89. The number of quaternary nitrogens is 1. The number of hydrogen-bond donors (Lipinski definition) is 2. The molecule has 0 aromatic carbocycles. The molecule has 9 heteroatoms. The van der Waals surface area contributed by atoms with Crippen LogP contribution in [-0.2, 0) is 18.4 Å². The first-order chi connectivity index (χ1) is 25.0. The highest BCUT2D eigenvalue weighted by molar-refractivity contribution is 7.45. The number of aliphatic hydroxyl groups excluding tert-OH is 1. The van der Waals surface area contributed by atoms with Crippen LogP contribution in [0.5, 0.6) is 0 Å². The third-order valence-corrected chi connectivity index (χ3v) is 9.35. The molecular formula is C43H77N2O6P. The Morgan fingerprint density at radius 3 is 1.77 bits per heavy atom. The molecule has 1 amide bonds. The van der Waals surface area contributed by atoms with E-state index in [1.54, 1.807) is 6.08 Å². The second-order valence-corrected chi connectivity index (χ2v) is 16.0. The maximum Gasteiger partial charge on any atom is 0.268 e. The van der Waals surface area contributed by atoms with Crippen molar-refractivity contribution in [2.75, 3.05) is 40.9 Å². The summed E-state index contributed by atoms with van der Waals surface area (Å²) in [4.78, 5) is 25.1. The Morgan fingerprint density at radius 1 is 0.692 bits per heavy atom. The molecule has 0 saturated carbocycles. The van der Waals surface area contributed by atoms with Crippen molar-refractivity contribution in [2.45, 2.75) is 154 Å². The van der Waals surface area contributed by atoms with Gasteiger partial charge in [-0.25, -0.2) is 0 Å². The van der Waals surface area contributed by atoms with Crippen molar-refractivity contribution in [2.24, 2.45) is 0 Å². The Balaban J connectivity index is 4.24. The number of aliphatic hydroxyl groups is 1. The third-order valence-electron chi connectivity index (χ3n) is 8.38. The van der Waals surface area contributed by atoms with E-state index < -0.39 is 26.6 Å². The highest BCUT2D eigenvalue weighted by Gasteiger charge is 2.23. The Labute approximate surface area is 319 Å². The molecule has 0 aliphatic rings. The molecule has 0 aromatic rings. The van der Waals surface area contributed by atoms with Crippen LogP contribution in [0.4, 0.5) is 0 Å². The molecule has 0 heterocycles. The van der Waals surface area contributed by atoms with Crippen molar-refractivity contribution in [3.05, 3.63) is 72.9 Å². The number of allylic oxidation sites excluding steroid dienone is 11. The Bertz CT molecular complexity index is 1080. The van der Waals surface area contributed by atoms with Crippen LogP contribution in [0.1, 0.15) is 142 Å². The van der Waals surface area contributed by atoms with Gasteiger partial charge in [-0.05, 0) is 64.2 Å². The number of nitrogens with zero attached hydrogens (tertiary/aromatic N) is 1. The molecule has 3 unspecified atom stereocenters. The summed E-state index contributed by atoms with van der Waals surface area (Å²) in [6.45, 7) is 4.36. The van der Waals surface area contributed by atoms with E-state index in [0.29, 0.717) is 17.4 Å². The number of unbranched alkanes of at least 4 members (excludes halogenated alkanes) is 12. The van der Waals surface area contributed by atoms with Gasteiger partial charge in [0, 0.05) is 6.42 Å². The van der Waals surface area contributed by atoms with Gasteiger partial charge in [-0.2, -0.15) is 0 Å². The number of rotatable bonds is 35.